The second kappa shape index (κ2) is 4.87. The summed E-state index contributed by atoms with van der Waals surface area (Å²) in [5.41, 5.74) is 0.671. The van der Waals surface area contributed by atoms with Crippen molar-refractivity contribution in [3.63, 3.8) is 0 Å². The monoisotopic (exact) mass is 266 g/mol. The predicted octanol–water partition coefficient (Wildman–Crippen LogP) is 0.855. The lowest BCUT2D eigenvalue weighted by atomic mass is 10.2. The summed E-state index contributed by atoms with van der Waals surface area (Å²) in [7, 11) is -1.89. The summed E-state index contributed by atoms with van der Waals surface area (Å²) < 4.78 is 28.1. The summed E-state index contributed by atoms with van der Waals surface area (Å²) in [6.45, 7) is 1.75. The zero-order valence-corrected chi connectivity index (χ0v) is 10.9. The number of nitrogens with zero attached hydrogens (tertiary/aromatic N) is 3. The van der Waals surface area contributed by atoms with Crippen LogP contribution in [0.1, 0.15) is 18.7 Å². The van der Waals surface area contributed by atoms with Gasteiger partial charge in [-0.25, -0.2) is 13.1 Å². The second-order valence-electron chi connectivity index (χ2n) is 3.95. The van der Waals surface area contributed by atoms with E-state index in [0.29, 0.717) is 5.69 Å². The van der Waals surface area contributed by atoms with Crippen LogP contribution in [-0.4, -0.2) is 23.2 Å². The van der Waals surface area contributed by atoms with Gasteiger partial charge >= 0.3 is 0 Å². The molecule has 0 aliphatic rings. The maximum atomic E-state index is 12.0. The lowest BCUT2D eigenvalue weighted by Crippen LogP contribution is -2.27. The third-order valence-electron chi connectivity index (χ3n) is 2.45. The maximum absolute atomic E-state index is 12.0. The van der Waals surface area contributed by atoms with Crippen LogP contribution < -0.4 is 4.72 Å². The minimum atomic E-state index is -3.56. The highest BCUT2D eigenvalue weighted by molar-refractivity contribution is 7.89. The molecule has 1 N–H and O–H groups in total. The van der Waals surface area contributed by atoms with Gasteiger partial charge in [0.1, 0.15) is 4.90 Å². The van der Waals surface area contributed by atoms with Gasteiger partial charge in [-0.05, 0) is 19.1 Å². The highest BCUT2D eigenvalue weighted by Crippen LogP contribution is 2.14. The van der Waals surface area contributed by atoms with E-state index in [1.807, 2.05) is 6.07 Å². The molecule has 0 aliphatic carbocycles. The summed E-state index contributed by atoms with van der Waals surface area (Å²) >= 11 is 0. The minimum absolute atomic E-state index is 0.146. The Balaban J connectivity index is 2.19. The Morgan fingerprint density at radius 1 is 1.39 bits per heavy atom. The van der Waals surface area contributed by atoms with Crippen LogP contribution in [0.3, 0.4) is 0 Å². The van der Waals surface area contributed by atoms with Gasteiger partial charge in [-0.2, -0.15) is 5.10 Å². The molecular weight excluding hydrogens is 252 g/mol. The van der Waals surface area contributed by atoms with E-state index in [0.717, 1.165) is 0 Å². The van der Waals surface area contributed by atoms with Crippen molar-refractivity contribution in [1.29, 1.82) is 0 Å². The first-order valence-corrected chi connectivity index (χ1v) is 6.89. The number of hydrogen-bond acceptors (Lipinski definition) is 4. The lowest BCUT2D eigenvalue weighted by molar-refractivity contribution is 0.564. The fraction of sp³-hybridized carbons (Fsp3) is 0.273. The van der Waals surface area contributed by atoms with Gasteiger partial charge in [-0.15, -0.1) is 0 Å². The molecule has 0 saturated carbocycles. The van der Waals surface area contributed by atoms with E-state index in [1.54, 1.807) is 32.3 Å². The first kappa shape index (κ1) is 12.7. The molecule has 0 amide bonds. The highest BCUT2D eigenvalue weighted by atomic mass is 32.2. The summed E-state index contributed by atoms with van der Waals surface area (Å²) in [5, 5.41) is 3.84. The normalized spacial score (nSPS) is 13.4. The number of aryl methyl sites for hydroxylation is 1. The summed E-state index contributed by atoms with van der Waals surface area (Å²) in [5.74, 6) is 0. The molecule has 0 aromatic carbocycles. The molecule has 18 heavy (non-hydrogen) atoms. The second-order valence-corrected chi connectivity index (χ2v) is 5.66. The Labute approximate surface area is 106 Å². The van der Waals surface area contributed by atoms with E-state index >= 15 is 0 Å². The first-order valence-electron chi connectivity index (χ1n) is 5.41. The molecule has 0 fully saturated rings. The van der Waals surface area contributed by atoms with Crippen molar-refractivity contribution in [1.82, 2.24) is 19.5 Å². The van der Waals surface area contributed by atoms with Crippen molar-refractivity contribution in [2.45, 2.75) is 17.9 Å². The van der Waals surface area contributed by atoms with Crippen LogP contribution >= 0.6 is 0 Å². The van der Waals surface area contributed by atoms with Crippen LogP contribution in [0.25, 0.3) is 0 Å². The predicted molar refractivity (Wildman–Crippen MR) is 66.2 cm³/mol. The molecule has 0 bridgehead atoms. The zero-order valence-electron chi connectivity index (χ0n) is 10.1. The molecule has 2 aromatic rings. The molecule has 7 heteroatoms. The third-order valence-corrected chi connectivity index (χ3v) is 3.95. The van der Waals surface area contributed by atoms with Gasteiger partial charge in [0.15, 0.2) is 0 Å². The van der Waals surface area contributed by atoms with E-state index in [9.17, 15) is 8.42 Å². The van der Waals surface area contributed by atoms with Crippen LogP contribution in [0, 0.1) is 0 Å². The first-order chi connectivity index (χ1) is 8.49. The Morgan fingerprint density at radius 3 is 2.72 bits per heavy atom. The summed E-state index contributed by atoms with van der Waals surface area (Å²) in [6.07, 6.45) is 4.39. The largest absolute Gasteiger partial charge is 0.274 e. The van der Waals surface area contributed by atoms with E-state index < -0.39 is 16.1 Å². The van der Waals surface area contributed by atoms with Gasteiger partial charge in [-0.1, -0.05) is 6.07 Å². The molecule has 0 radical (unpaired) electrons. The van der Waals surface area contributed by atoms with E-state index in [1.165, 1.54) is 17.1 Å². The van der Waals surface area contributed by atoms with Gasteiger partial charge in [0.05, 0.1) is 17.9 Å². The Morgan fingerprint density at radius 2 is 2.17 bits per heavy atom. The molecule has 2 aromatic heterocycles. The Kier molecular flexibility index (Phi) is 3.44. The molecule has 96 valence electrons. The van der Waals surface area contributed by atoms with Gasteiger partial charge in [-0.3, -0.25) is 9.67 Å². The quantitative estimate of drug-likeness (QED) is 0.890. The van der Waals surface area contributed by atoms with E-state index in [4.69, 9.17) is 0 Å². The van der Waals surface area contributed by atoms with Crippen molar-refractivity contribution in [2.75, 3.05) is 0 Å². The molecule has 1 atom stereocenters. The number of nitrogens with one attached hydrogen (secondary N) is 1. The van der Waals surface area contributed by atoms with Crippen LogP contribution in [0.15, 0.2) is 41.7 Å². The van der Waals surface area contributed by atoms with Crippen molar-refractivity contribution in [3.8, 4) is 0 Å². The number of rotatable bonds is 4. The molecule has 2 heterocycles. The van der Waals surface area contributed by atoms with Crippen molar-refractivity contribution < 1.29 is 8.42 Å². The molecule has 0 saturated heterocycles. The van der Waals surface area contributed by atoms with Gasteiger partial charge in [0.25, 0.3) is 0 Å². The average molecular weight is 266 g/mol. The van der Waals surface area contributed by atoms with Gasteiger partial charge in [0, 0.05) is 19.4 Å². The topological polar surface area (TPSA) is 76.9 Å². The lowest BCUT2D eigenvalue weighted by Gasteiger charge is -2.12. The third kappa shape index (κ3) is 2.74. The van der Waals surface area contributed by atoms with Gasteiger partial charge < -0.3 is 0 Å². The summed E-state index contributed by atoms with van der Waals surface area (Å²) in [6, 6.07) is 4.98. The van der Waals surface area contributed by atoms with Crippen molar-refractivity contribution >= 4 is 10.0 Å². The molecule has 0 unspecified atom stereocenters. The number of hydrogen-bond donors (Lipinski definition) is 1. The summed E-state index contributed by atoms with van der Waals surface area (Å²) in [4.78, 5) is 4.26. The molecule has 2 rings (SSSR count). The Hall–Kier alpha value is -1.73. The fourth-order valence-corrected chi connectivity index (χ4v) is 2.73. The standard InChI is InChI=1S/C11H14N4O2S/c1-9(11-5-3-4-6-12-11)14-18(16,17)10-7-13-15(2)8-10/h3-9,14H,1-2H3/t9-/m0/s1. The van der Waals surface area contributed by atoms with E-state index in [-0.39, 0.29) is 4.90 Å². The highest BCUT2D eigenvalue weighted by Gasteiger charge is 2.20. The van der Waals surface area contributed by atoms with Gasteiger partial charge in [0.2, 0.25) is 10.0 Å². The Bertz CT molecular complexity index is 622. The van der Waals surface area contributed by atoms with Crippen LogP contribution in [0.5, 0.6) is 0 Å². The fourth-order valence-electron chi connectivity index (χ4n) is 1.53. The molecule has 0 spiro atoms. The SMILES string of the molecule is C[C@H](NS(=O)(=O)c1cnn(C)c1)c1ccccn1. The van der Waals surface area contributed by atoms with Crippen molar-refractivity contribution in [3.05, 3.63) is 42.5 Å². The number of pyridine rings is 1. The molecule has 0 aliphatic heterocycles. The zero-order chi connectivity index (χ0) is 13.2. The van der Waals surface area contributed by atoms with E-state index in [2.05, 4.69) is 14.8 Å². The smallest absolute Gasteiger partial charge is 0.244 e. The van der Waals surface area contributed by atoms with Crippen LogP contribution in [0.4, 0.5) is 0 Å². The number of aromatic nitrogens is 3. The van der Waals surface area contributed by atoms with Crippen molar-refractivity contribution in [2.24, 2.45) is 7.05 Å². The van der Waals surface area contributed by atoms with Crippen LogP contribution in [-0.2, 0) is 17.1 Å². The maximum Gasteiger partial charge on any atom is 0.244 e. The minimum Gasteiger partial charge on any atom is -0.274 e. The molecule has 6 nitrogen and oxygen atoms in total. The average Bonchev–Trinajstić information content (AvgIpc) is 2.77. The molecular formula is C11H14N4O2S. The number of sulfonamides is 1. The van der Waals surface area contributed by atoms with Crippen LogP contribution in [0.2, 0.25) is 0 Å².